The molecule has 1 fully saturated rings. The van der Waals surface area contributed by atoms with Gasteiger partial charge in [-0.05, 0) is 19.8 Å². The van der Waals surface area contributed by atoms with E-state index < -0.39 is 5.60 Å². The number of nitrogens with one attached hydrogen (secondary N) is 1. The molecule has 0 aliphatic carbocycles. The number of rotatable bonds is 4. The van der Waals surface area contributed by atoms with E-state index in [0.29, 0.717) is 41.5 Å². The van der Waals surface area contributed by atoms with Crippen LogP contribution in [0, 0.1) is 11.3 Å². The Morgan fingerprint density at radius 2 is 2.38 bits per heavy atom. The number of nitrogens with zero attached hydrogens (tertiary/aromatic N) is 2. The topological polar surface area (TPSA) is 102 Å². The molecule has 1 amide bonds. The Morgan fingerprint density at radius 1 is 1.67 bits per heavy atom. The number of nitrogen functional groups attached to an aromatic ring is 1. The third-order valence-corrected chi connectivity index (χ3v) is 4.78. The van der Waals surface area contributed by atoms with E-state index in [1.54, 1.807) is 6.92 Å². The molecule has 1 saturated heterocycles. The molecule has 6 nitrogen and oxygen atoms in total. The molecule has 0 radical (unpaired) electrons. The van der Waals surface area contributed by atoms with E-state index in [0.717, 1.165) is 6.42 Å². The molecule has 1 aliphatic rings. The van der Waals surface area contributed by atoms with Gasteiger partial charge >= 0.3 is 0 Å². The van der Waals surface area contributed by atoms with Crippen LogP contribution < -0.4 is 16.0 Å². The zero-order valence-corrected chi connectivity index (χ0v) is 13.1. The Balaban J connectivity index is 2.31. The monoisotopic (exact) mass is 308 g/mol. The molecule has 21 heavy (non-hydrogen) atoms. The number of β-amino-alcohol motifs (C(OH)–C–C–N with tert-alkyl or cyclic N) is 1. The minimum absolute atomic E-state index is 0.234. The van der Waals surface area contributed by atoms with Crippen LogP contribution in [-0.4, -0.2) is 36.2 Å². The van der Waals surface area contributed by atoms with Gasteiger partial charge in [-0.2, -0.15) is 5.26 Å². The van der Waals surface area contributed by atoms with Crippen molar-refractivity contribution < 1.29 is 9.90 Å². The van der Waals surface area contributed by atoms with Crippen LogP contribution in [0.1, 0.15) is 41.9 Å². The van der Waals surface area contributed by atoms with Crippen molar-refractivity contribution in [1.82, 2.24) is 5.32 Å². The average Bonchev–Trinajstić information content (AvgIpc) is 2.95. The number of amides is 1. The Morgan fingerprint density at radius 3 is 2.90 bits per heavy atom. The van der Waals surface area contributed by atoms with E-state index in [2.05, 4.69) is 11.4 Å². The van der Waals surface area contributed by atoms with E-state index in [-0.39, 0.29) is 11.6 Å². The van der Waals surface area contributed by atoms with Gasteiger partial charge in [-0.15, -0.1) is 11.3 Å². The van der Waals surface area contributed by atoms with Gasteiger partial charge in [-0.25, -0.2) is 0 Å². The van der Waals surface area contributed by atoms with E-state index in [1.807, 2.05) is 11.8 Å². The summed E-state index contributed by atoms with van der Waals surface area (Å²) in [6, 6.07) is 2.08. The van der Waals surface area contributed by atoms with Crippen LogP contribution in [-0.2, 0) is 0 Å². The molecular weight excluding hydrogens is 288 g/mol. The van der Waals surface area contributed by atoms with Gasteiger partial charge in [0, 0.05) is 19.6 Å². The molecule has 0 aromatic carbocycles. The quantitative estimate of drug-likeness (QED) is 0.778. The minimum Gasteiger partial charge on any atom is -0.396 e. The summed E-state index contributed by atoms with van der Waals surface area (Å²) >= 11 is 1.22. The SMILES string of the molecule is CCCNC(=O)c1sc(N2CCC(C)(O)C2)c(C#N)c1N. The fourth-order valence-electron chi connectivity index (χ4n) is 2.37. The van der Waals surface area contributed by atoms with Crippen LogP contribution >= 0.6 is 11.3 Å². The van der Waals surface area contributed by atoms with Crippen molar-refractivity contribution in [2.24, 2.45) is 0 Å². The van der Waals surface area contributed by atoms with Gasteiger partial charge in [0.2, 0.25) is 0 Å². The van der Waals surface area contributed by atoms with E-state index >= 15 is 0 Å². The van der Waals surface area contributed by atoms with Crippen LogP contribution in [0.5, 0.6) is 0 Å². The maximum absolute atomic E-state index is 12.1. The third kappa shape index (κ3) is 3.12. The smallest absolute Gasteiger partial charge is 0.263 e. The van der Waals surface area contributed by atoms with Crippen molar-refractivity contribution in [1.29, 1.82) is 5.26 Å². The van der Waals surface area contributed by atoms with Crippen molar-refractivity contribution >= 4 is 27.9 Å². The molecule has 114 valence electrons. The molecule has 0 spiro atoms. The second-order valence-electron chi connectivity index (χ2n) is 5.56. The lowest BCUT2D eigenvalue weighted by molar-refractivity contribution is 0.0839. The lowest BCUT2D eigenvalue weighted by Crippen LogP contribution is -2.29. The molecule has 1 atom stereocenters. The van der Waals surface area contributed by atoms with Crippen LogP contribution in [0.2, 0.25) is 0 Å². The van der Waals surface area contributed by atoms with E-state index in [9.17, 15) is 15.2 Å². The lowest BCUT2D eigenvalue weighted by Gasteiger charge is -2.19. The van der Waals surface area contributed by atoms with Gasteiger partial charge in [0.15, 0.2) is 0 Å². The first-order valence-corrected chi connectivity index (χ1v) is 7.79. The van der Waals surface area contributed by atoms with Crippen molar-refractivity contribution in [3.63, 3.8) is 0 Å². The zero-order chi connectivity index (χ0) is 15.6. The number of hydrogen-bond acceptors (Lipinski definition) is 6. The molecule has 1 aromatic rings. The molecule has 1 unspecified atom stereocenters. The second-order valence-corrected chi connectivity index (χ2v) is 6.56. The van der Waals surface area contributed by atoms with Gasteiger partial charge in [-0.3, -0.25) is 4.79 Å². The largest absolute Gasteiger partial charge is 0.396 e. The Kier molecular flexibility index (Phi) is 4.40. The van der Waals surface area contributed by atoms with Crippen LogP contribution in [0.15, 0.2) is 0 Å². The van der Waals surface area contributed by atoms with Crippen molar-refractivity contribution in [2.45, 2.75) is 32.3 Å². The van der Waals surface area contributed by atoms with E-state index in [4.69, 9.17) is 5.73 Å². The fourth-order valence-corrected chi connectivity index (χ4v) is 3.48. The molecule has 1 aliphatic heterocycles. The number of anilines is 2. The molecule has 7 heteroatoms. The lowest BCUT2D eigenvalue weighted by atomic mass is 10.1. The van der Waals surface area contributed by atoms with Crippen LogP contribution in [0.3, 0.4) is 0 Å². The Hall–Kier alpha value is -1.78. The third-order valence-electron chi connectivity index (χ3n) is 3.52. The first-order valence-electron chi connectivity index (χ1n) is 6.97. The highest BCUT2D eigenvalue weighted by Gasteiger charge is 2.34. The fraction of sp³-hybridized carbons (Fsp3) is 0.571. The van der Waals surface area contributed by atoms with Crippen LogP contribution in [0.4, 0.5) is 10.7 Å². The zero-order valence-electron chi connectivity index (χ0n) is 12.3. The maximum atomic E-state index is 12.1. The predicted molar refractivity (Wildman–Crippen MR) is 83.5 cm³/mol. The summed E-state index contributed by atoms with van der Waals surface area (Å²) in [6.45, 7) is 5.41. The molecule has 4 N–H and O–H groups in total. The summed E-state index contributed by atoms with van der Waals surface area (Å²) in [5.74, 6) is -0.243. The van der Waals surface area contributed by atoms with Gasteiger partial charge < -0.3 is 21.1 Å². The Labute approximate surface area is 128 Å². The summed E-state index contributed by atoms with van der Waals surface area (Å²) in [6.07, 6.45) is 1.47. The standard InChI is InChI=1S/C14H20N4O2S/c1-3-5-17-12(19)11-10(16)9(7-15)13(21-11)18-6-4-14(2,20)8-18/h20H,3-6,8,16H2,1-2H3,(H,17,19). The number of carbonyl (C=O) groups is 1. The average molecular weight is 308 g/mol. The molecule has 0 saturated carbocycles. The molecule has 2 rings (SSSR count). The molecule has 2 heterocycles. The van der Waals surface area contributed by atoms with Gasteiger partial charge in [0.05, 0.1) is 11.3 Å². The normalized spacial score (nSPS) is 21.3. The Bertz CT molecular complexity index is 589. The second kappa shape index (κ2) is 5.92. The molecular formula is C14H20N4O2S. The highest BCUT2D eigenvalue weighted by Crippen LogP contribution is 2.40. The van der Waals surface area contributed by atoms with Crippen molar-refractivity contribution in [2.75, 3.05) is 30.3 Å². The van der Waals surface area contributed by atoms with Crippen LogP contribution in [0.25, 0.3) is 0 Å². The molecule has 0 bridgehead atoms. The number of nitriles is 1. The summed E-state index contributed by atoms with van der Waals surface area (Å²) in [7, 11) is 0. The number of thiophene rings is 1. The van der Waals surface area contributed by atoms with E-state index in [1.165, 1.54) is 11.3 Å². The first-order chi connectivity index (χ1) is 9.89. The highest BCUT2D eigenvalue weighted by atomic mass is 32.1. The van der Waals surface area contributed by atoms with Crippen molar-refractivity contribution in [3.05, 3.63) is 10.4 Å². The number of aliphatic hydroxyl groups is 1. The van der Waals surface area contributed by atoms with Gasteiger partial charge in [-0.1, -0.05) is 6.92 Å². The summed E-state index contributed by atoms with van der Waals surface area (Å²) in [4.78, 5) is 14.4. The van der Waals surface area contributed by atoms with Gasteiger partial charge in [0.1, 0.15) is 21.5 Å². The van der Waals surface area contributed by atoms with Gasteiger partial charge in [0.25, 0.3) is 5.91 Å². The highest BCUT2D eigenvalue weighted by molar-refractivity contribution is 7.19. The summed E-state index contributed by atoms with van der Waals surface area (Å²) < 4.78 is 0. The number of carbonyl (C=O) groups excluding carboxylic acids is 1. The first kappa shape index (κ1) is 15.6. The maximum Gasteiger partial charge on any atom is 0.263 e. The number of nitrogens with two attached hydrogens (primary N) is 1. The minimum atomic E-state index is -0.768. The predicted octanol–water partition coefficient (Wildman–Crippen LogP) is 1.30. The summed E-state index contributed by atoms with van der Waals surface area (Å²) in [5.41, 5.74) is 5.76. The number of hydrogen-bond donors (Lipinski definition) is 3. The molecule has 1 aromatic heterocycles. The van der Waals surface area contributed by atoms with Crippen molar-refractivity contribution in [3.8, 4) is 6.07 Å². The summed E-state index contributed by atoms with van der Waals surface area (Å²) in [5, 5.41) is 22.8.